The number of fused-ring (bicyclic) bond motifs is 1. The highest BCUT2D eigenvalue weighted by atomic mass is 19.4. The Morgan fingerprint density at radius 2 is 1.86 bits per heavy atom. The molecule has 2 N–H and O–H groups in total. The van der Waals surface area contributed by atoms with Crippen LogP contribution in [-0.2, 0) is 11.0 Å². The van der Waals surface area contributed by atoms with Crippen LogP contribution in [0.25, 0.3) is 0 Å². The van der Waals surface area contributed by atoms with Crippen LogP contribution in [0.4, 0.5) is 18.9 Å². The summed E-state index contributed by atoms with van der Waals surface area (Å²) in [4.78, 5) is 16.2. The second-order valence-electron chi connectivity index (χ2n) is 6.77. The molecule has 0 fully saturated rings. The molecule has 2 heterocycles. The molecule has 1 unspecified atom stereocenters. The first kappa shape index (κ1) is 19.7. The number of carbonyl (C=O) groups is 1. The fraction of sp³-hybridized carbons (Fsp3) is 0.300. The van der Waals surface area contributed by atoms with Crippen molar-refractivity contribution in [2.75, 3.05) is 5.32 Å². The number of hydrogen-bond donors (Lipinski definition) is 2. The Labute approximate surface area is 159 Å². The van der Waals surface area contributed by atoms with Crippen LogP contribution in [0.5, 0.6) is 5.88 Å². The van der Waals surface area contributed by atoms with Crippen molar-refractivity contribution in [3.8, 4) is 5.88 Å². The predicted octanol–water partition coefficient (Wildman–Crippen LogP) is 4.80. The van der Waals surface area contributed by atoms with E-state index in [1.807, 2.05) is 13.8 Å². The topological polar surface area (TPSA) is 71.5 Å². The minimum atomic E-state index is -4.47. The van der Waals surface area contributed by atoms with Crippen LogP contribution in [0.15, 0.2) is 47.8 Å². The van der Waals surface area contributed by atoms with Gasteiger partial charge in [0.1, 0.15) is 0 Å². The van der Waals surface area contributed by atoms with Crippen molar-refractivity contribution >= 4 is 11.7 Å². The second-order valence-corrected chi connectivity index (χ2v) is 6.77. The number of nitrogens with zero attached hydrogens (tertiary/aromatic N) is 1. The maximum Gasteiger partial charge on any atom is 0.416 e. The predicted molar refractivity (Wildman–Crippen MR) is 97.2 cm³/mol. The van der Waals surface area contributed by atoms with E-state index in [4.69, 9.17) is 4.74 Å². The van der Waals surface area contributed by atoms with Gasteiger partial charge in [0.2, 0.25) is 5.88 Å². The standard InChI is InChI=1S/C20H19F3N2O3/c1-10(2)28-18-17-14(8-9-24-18)25-11(3)15(19(26)27)16(17)12-4-6-13(7-5-12)20(21,22)23/h4-10,16,25H,1-3H3,(H,26,27). The summed E-state index contributed by atoms with van der Waals surface area (Å²) in [5, 5.41) is 12.8. The minimum absolute atomic E-state index is 0.0360. The van der Waals surface area contributed by atoms with E-state index in [1.165, 1.54) is 18.3 Å². The Balaban J connectivity index is 2.21. The summed E-state index contributed by atoms with van der Waals surface area (Å²) in [7, 11) is 0. The summed E-state index contributed by atoms with van der Waals surface area (Å²) < 4.78 is 44.6. The Morgan fingerprint density at radius 1 is 1.21 bits per heavy atom. The van der Waals surface area contributed by atoms with Gasteiger partial charge in [-0.3, -0.25) is 0 Å². The van der Waals surface area contributed by atoms with Crippen LogP contribution < -0.4 is 10.1 Å². The van der Waals surface area contributed by atoms with Crippen LogP contribution in [0, 0.1) is 0 Å². The van der Waals surface area contributed by atoms with E-state index >= 15 is 0 Å². The van der Waals surface area contributed by atoms with Gasteiger partial charge in [-0.25, -0.2) is 9.78 Å². The molecule has 0 saturated heterocycles. The molecule has 28 heavy (non-hydrogen) atoms. The number of carboxylic acids is 1. The summed E-state index contributed by atoms with van der Waals surface area (Å²) in [6, 6.07) is 6.17. The first-order valence-corrected chi connectivity index (χ1v) is 8.63. The van der Waals surface area contributed by atoms with Gasteiger partial charge in [-0.1, -0.05) is 12.1 Å². The van der Waals surface area contributed by atoms with E-state index in [0.717, 1.165) is 12.1 Å². The van der Waals surface area contributed by atoms with Gasteiger partial charge in [0.25, 0.3) is 0 Å². The molecule has 1 aromatic carbocycles. The zero-order valence-electron chi connectivity index (χ0n) is 15.5. The average Bonchev–Trinajstić information content (AvgIpc) is 2.59. The van der Waals surface area contributed by atoms with Crippen molar-refractivity contribution < 1.29 is 27.8 Å². The number of alkyl halides is 3. The molecule has 148 valence electrons. The van der Waals surface area contributed by atoms with Crippen molar-refractivity contribution in [3.05, 3.63) is 64.5 Å². The van der Waals surface area contributed by atoms with Crippen molar-refractivity contribution in [1.82, 2.24) is 4.98 Å². The third-order valence-electron chi connectivity index (χ3n) is 4.41. The van der Waals surface area contributed by atoms with E-state index in [1.54, 1.807) is 13.0 Å². The summed E-state index contributed by atoms with van der Waals surface area (Å²) in [5.74, 6) is -1.74. The Bertz CT molecular complexity index is 935. The molecule has 8 heteroatoms. The summed E-state index contributed by atoms with van der Waals surface area (Å²) in [6.07, 6.45) is -3.15. The maximum atomic E-state index is 12.9. The first-order valence-electron chi connectivity index (χ1n) is 8.63. The van der Waals surface area contributed by atoms with Crippen molar-refractivity contribution in [2.45, 2.75) is 39.0 Å². The summed E-state index contributed by atoms with van der Waals surface area (Å²) >= 11 is 0. The number of benzene rings is 1. The average molecular weight is 392 g/mol. The molecule has 1 atom stereocenters. The van der Waals surface area contributed by atoms with Gasteiger partial charge in [-0.2, -0.15) is 13.2 Å². The van der Waals surface area contributed by atoms with Crippen molar-refractivity contribution in [1.29, 1.82) is 0 Å². The zero-order valence-corrected chi connectivity index (χ0v) is 15.5. The molecular formula is C20H19F3N2O3. The molecule has 5 nitrogen and oxygen atoms in total. The summed E-state index contributed by atoms with van der Waals surface area (Å²) in [5.41, 5.74) is 1.15. The molecule has 0 aliphatic carbocycles. The molecule has 0 spiro atoms. The van der Waals surface area contributed by atoms with Crippen LogP contribution in [0.2, 0.25) is 0 Å². The monoisotopic (exact) mass is 392 g/mol. The largest absolute Gasteiger partial charge is 0.478 e. The zero-order chi connectivity index (χ0) is 20.6. The number of pyridine rings is 1. The molecule has 1 aromatic heterocycles. The van der Waals surface area contributed by atoms with Gasteiger partial charge < -0.3 is 15.2 Å². The molecule has 1 aliphatic heterocycles. The molecular weight excluding hydrogens is 373 g/mol. The molecule has 0 radical (unpaired) electrons. The Kier molecular flexibility index (Phi) is 5.06. The first-order chi connectivity index (χ1) is 13.1. The number of halogens is 3. The van der Waals surface area contributed by atoms with E-state index < -0.39 is 23.6 Å². The molecule has 2 aromatic rings. The lowest BCUT2D eigenvalue weighted by Crippen LogP contribution is -2.24. The lowest BCUT2D eigenvalue weighted by Gasteiger charge is -2.30. The number of aromatic nitrogens is 1. The number of nitrogens with one attached hydrogen (secondary N) is 1. The van der Waals surface area contributed by atoms with Gasteiger partial charge >= 0.3 is 12.1 Å². The van der Waals surface area contributed by atoms with E-state index in [-0.39, 0.29) is 17.6 Å². The van der Waals surface area contributed by atoms with Crippen molar-refractivity contribution in [3.63, 3.8) is 0 Å². The van der Waals surface area contributed by atoms with Crippen LogP contribution in [-0.4, -0.2) is 22.2 Å². The number of anilines is 1. The van der Waals surface area contributed by atoms with Gasteiger partial charge in [0.05, 0.1) is 23.2 Å². The quantitative estimate of drug-likeness (QED) is 0.782. The van der Waals surface area contributed by atoms with Crippen LogP contribution in [0.1, 0.15) is 43.4 Å². The highest BCUT2D eigenvalue weighted by Crippen LogP contribution is 2.46. The van der Waals surface area contributed by atoms with Gasteiger partial charge in [0.15, 0.2) is 0 Å². The Hall–Kier alpha value is -3.03. The van der Waals surface area contributed by atoms with E-state index in [2.05, 4.69) is 10.3 Å². The second kappa shape index (κ2) is 7.18. The van der Waals surface area contributed by atoms with Gasteiger partial charge in [-0.15, -0.1) is 0 Å². The van der Waals surface area contributed by atoms with Gasteiger partial charge in [-0.05, 0) is 44.5 Å². The lowest BCUT2D eigenvalue weighted by molar-refractivity contribution is -0.137. The normalized spacial score (nSPS) is 16.6. The SMILES string of the molecule is CC1=C(C(=O)O)C(c2ccc(C(F)(F)F)cc2)c2c(ccnc2OC(C)C)N1. The molecule has 0 saturated carbocycles. The third kappa shape index (κ3) is 3.67. The minimum Gasteiger partial charge on any atom is -0.478 e. The smallest absolute Gasteiger partial charge is 0.416 e. The van der Waals surface area contributed by atoms with Crippen molar-refractivity contribution in [2.24, 2.45) is 0 Å². The van der Waals surface area contributed by atoms with E-state index in [9.17, 15) is 23.1 Å². The molecule has 0 amide bonds. The van der Waals surface area contributed by atoms with E-state index in [0.29, 0.717) is 22.5 Å². The maximum absolute atomic E-state index is 12.9. The summed E-state index contributed by atoms with van der Waals surface area (Å²) in [6.45, 7) is 5.24. The number of hydrogen-bond acceptors (Lipinski definition) is 4. The van der Waals surface area contributed by atoms with Gasteiger partial charge in [0, 0.05) is 23.1 Å². The molecule has 1 aliphatic rings. The number of rotatable bonds is 4. The van der Waals surface area contributed by atoms with Crippen LogP contribution in [0.3, 0.4) is 0 Å². The molecule has 0 bridgehead atoms. The number of carboxylic acid groups (broad SMARTS) is 1. The number of aliphatic carboxylic acids is 1. The van der Waals surface area contributed by atoms with Crippen LogP contribution >= 0.6 is 0 Å². The number of ether oxygens (including phenoxy) is 1. The fourth-order valence-corrected chi connectivity index (χ4v) is 3.27. The molecule has 3 rings (SSSR count). The lowest BCUT2D eigenvalue weighted by atomic mass is 9.81. The number of allylic oxidation sites excluding steroid dienone is 1. The highest BCUT2D eigenvalue weighted by Gasteiger charge is 2.36. The highest BCUT2D eigenvalue weighted by molar-refractivity contribution is 5.93. The third-order valence-corrected chi connectivity index (χ3v) is 4.41. The fourth-order valence-electron chi connectivity index (χ4n) is 3.27. The Morgan fingerprint density at radius 3 is 2.39 bits per heavy atom.